The third kappa shape index (κ3) is 5.42. The van der Waals surface area contributed by atoms with E-state index in [0.29, 0.717) is 29.9 Å². The fourth-order valence-corrected chi connectivity index (χ4v) is 4.11. The first-order valence-electron chi connectivity index (χ1n) is 11.3. The van der Waals surface area contributed by atoms with Crippen molar-refractivity contribution < 1.29 is 23.5 Å². The minimum atomic E-state index is -0.532. The zero-order valence-electron chi connectivity index (χ0n) is 18.6. The van der Waals surface area contributed by atoms with Gasteiger partial charge in [-0.15, -0.1) is 0 Å². The van der Waals surface area contributed by atoms with Crippen molar-refractivity contribution in [1.82, 2.24) is 5.32 Å². The summed E-state index contributed by atoms with van der Waals surface area (Å²) >= 11 is 0. The van der Waals surface area contributed by atoms with Gasteiger partial charge in [0.05, 0.1) is 0 Å². The molecule has 1 N–H and O–H groups in total. The largest absolute Gasteiger partial charge is 0.445 e. The number of ether oxygens (including phenoxy) is 2. The molecule has 0 fully saturated rings. The fourth-order valence-electron chi connectivity index (χ4n) is 4.11. The lowest BCUT2D eigenvalue weighted by atomic mass is 9.90. The fraction of sp³-hybridized carbons (Fsp3) is 0.346. The molecule has 0 saturated carbocycles. The summed E-state index contributed by atoms with van der Waals surface area (Å²) < 4.78 is 16.2. The van der Waals surface area contributed by atoms with Crippen LogP contribution in [0.4, 0.5) is 4.79 Å². The van der Waals surface area contributed by atoms with E-state index in [9.17, 15) is 14.4 Å². The second-order valence-corrected chi connectivity index (χ2v) is 8.19. The Kier molecular flexibility index (Phi) is 7.07. The van der Waals surface area contributed by atoms with E-state index < -0.39 is 12.1 Å². The molecule has 1 heterocycles. The summed E-state index contributed by atoms with van der Waals surface area (Å²) in [6.07, 6.45) is 3.66. The maximum absolute atomic E-state index is 12.4. The average molecular weight is 450 g/mol. The van der Waals surface area contributed by atoms with Crippen LogP contribution in [0.1, 0.15) is 47.9 Å². The summed E-state index contributed by atoms with van der Waals surface area (Å²) in [5.41, 5.74) is 3.54. The summed E-state index contributed by atoms with van der Waals surface area (Å²) in [4.78, 5) is 36.5. The van der Waals surface area contributed by atoms with Gasteiger partial charge in [0.2, 0.25) is 0 Å². The van der Waals surface area contributed by atoms with Crippen molar-refractivity contribution >= 4 is 23.0 Å². The Morgan fingerprint density at radius 3 is 2.58 bits per heavy atom. The molecule has 3 aromatic rings. The number of hydrogen-bond donors (Lipinski definition) is 1. The zero-order chi connectivity index (χ0) is 23.2. The molecule has 1 aromatic heterocycles. The first kappa shape index (κ1) is 22.6. The Balaban J connectivity index is 1.29. The van der Waals surface area contributed by atoms with Crippen LogP contribution >= 0.6 is 0 Å². The summed E-state index contributed by atoms with van der Waals surface area (Å²) in [6, 6.07) is 13.0. The van der Waals surface area contributed by atoms with Crippen molar-refractivity contribution in [2.45, 2.75) is 52.1 Å². The average Bonchev–Trinajstić information content (AvgIpc) is 2.83. The lowest BCUT2D eigenvalue weighted by Gasteiger charge is -2.17. The monoisotopic (exact) mass is 449 g/mol. The molecule has 1 aliphatic rings. The maximum Gasteiger partial charge on any atom is 0.407 e. The van der Waals surface area contributed by atoms with Gasteiger partial charge in [0.1, 0.15) is 17.9 Å². The topological polar surface area (TPSA) is 94.8 Å². The normalized spacial score (nSPS) is 12.8. The summed E-state index contributed by atoms with van der Waals surface area (Å²) in [6.45, 7) is 2.27. The van der Waals surface area contributed by atoms with E-state index in [-0.39, 0.29) is 18.7 Å². The highest BCUT2D eigenvalue weighted by atomic mass is 16.5. The van der Waals surface area contributed by atoms with Crippen molar-refractivity contribution in [2.75, 3.05) is 6.54 Å². The van der Waals surface area contributed by atoms with Gasteiger partial charge in [-0.2, -0.15) is 0 Å². The van der Waals surface area contributed by atoms with E-state index in [1.54, 1.807) is 13.0 Å². The van der Waals surface area contributed by atoms with E-state index in [1.807, 2.05) is 36.4 Å². The lowest BCUT2D eigenvalue weighted by Crippen LogP contribution is -2.26. The van der Waals surface area contributed by atoms with E-state index >= 15 is 0 Å². The molecule has 7 nitrogen and oxygen atoms in total. The molecule has 0 aliphatic heterocycles. The molecule has 172 valence electrons. The van der Waals surface area contributed by atoms with Crippen molar-refractivity contribution in [1.29, 1.82) is 0 Å². The van der Waals surface area contributed by atoms with Crippen LogP contribution in [0.5, 0.6) is 5.75 Å². The highest BCUT2D eigenvalue weighted by Gasteiger charge is 2.20. The smallest absolute Gasteiger partial charge is 0.407 e. The SMILES string of the molecule is Cc1c(OC(=O)CCCNC(=O)OCc2ccccc2)ccc2c3c(c(=O)oc12)CCCC3. The first-order chi connectivity index (χ1) is 16.0. The number of alkyl carbamates (subject to hydrolysis) is 1. The highest BCUT2D eigenvalue weighted by molar-refractivity contribution is 5.87. The van der Waals surface area contributed by atoms with Crippen LogP contribution in [0.2, 0.25) is 0 Å². The molecule has 0 saturated heterocycles. The molecule has 0 bridgehead atoms. The van der Waals surface area contributed by atoms with E-state index in [4.69, 9.17) is 13.9 Å². The molecular weight excluding hydrogens is 422 g/mol. The van der Waals surface area contributed by atoms with Crippen LogP contribution < -0.4 is 15.7 Å². The molecule has 0 unspecified atom stereocenters. The third-order valence-corrected chi connectivity index (χ3v) is 5.85. The minimum absolute atomic E-state index is 0.130. The molecule has 0 radical (unpaired) electrons. The van der Waals surface area contributed by atoms with Crippen molar-refractivity contribution in [3.8, 4) is 5.75 Å². The van der Waals surface area contributed by atoms with Gasteiger partial charge in [-0.05, 0) is 62.3 Å². The maximum atomic E-state index is 12.4. The molecule has 1 amide bonds. The van der Waals surface area contributed by atoms with Gasteiger partial charge in [0, 0.05) is 29.5 Å². The third-order valence-electron chi connectivity index (χ3n) is 5.85. The van der Waals surface area contributed by atoms with Crippen LogP contribution in [-0.2, 0) is 29.0 Å². The molecule has 4 rings (SSSR count). The number of benzene rings is 2. The summed E-state index contributed by atoms with van der Waals surface area (Å²) in [5.74, 6) is -0.0427. The van der Waals surface area contributed by atoms with Crippen molar-refractivity contribution in [3.05, 3.63) is 75.1 Å². The van der Waals surface area contributed by atoms with Crippen molar-refractivity contribution in [2.24, 2.45) is 0 Å². The Morgan fingerprint density at radius 1 is 1.03 bits per heavy atom. The van der Waals surface area contributed by atoms with Gasteiger partial charge < -0.3 is 19.2 Å². The summed E-state index contributed by atoms with van der Waals surface area (Å²) in [7, 11) is 0. The van der Waals surface area contributed by atoms with Gasteiger partial charge in [-0.25, -0.2) is 9.59 Å². The predicted molar refractivity (Wildman–Crippen MR) is 123 cm³/mol. The van der Waals surface area contributed by atoms with Crippen LogP contribution in [0.15, 0.2) is 51.7 Å². The Morgan fingerprint density at radius 2 is 1.79 bits per heavy atom. The number of nitrogens with one attached hydrogen (secondary N) is 1. The molecule has 7 heteroatoms. The Hall–Kier alpha value is -3.61. The number of rotatable bonds is 7. The number of aryl methyl sites for hydroxylation is 2. The number of esters is 1. The molecule has 1 aliphatic carbocycles. The van der Waals surface area contributed by atoms with Crippen LogP contribution in [0, 0.1) is 6.92 Å². The number of carbonyl (C=O) groups excluding carboxylic acids is 2. The van der Waals surface area contributed by atoms with Crippen molar-refractivity contribution in [3.63, 3.8) is 0 Å². The van der Waals surface area contributed by atoms with Gasteiger partial charge in [-0.3, -0.25) is 4.79 Å². The van der Waals surface area contributed by atoms with E-state index in [0.717, 1.165) is 47.8 Å². The first-order valence-corrected chi connectivity index (χ1v) is 11.3. The molecule has 0 spiro atoms. The van der Waals surface area contributed by atoms with Gasteiger partial charge in [0.25, 0.3) is 0 Å². The minimum Gasteiger partial charge on any atom is -0.445 e. The quantitative estimate of drug-likeness (QED) is 0.245. The highest BCUT2D eigenvalue weighted by Crippen LogP contribution is 2.32. The standard InChI is InChI=1S/C26H27NO6/c1-17-22(14-13-20-19-10-5-6-11-21(19)25(29)33-24(17)20)32-23(28)12-7-15-27-26(30)31-16-18-8-3-2-4-9-18/h2-4,8-9,13-14H,5-7,10-12,15-16H2,1H3,(H,27,30). The second kappa shape index (κ2) is 10.3. The van der Waals surface area contributed by atoms with Crippen LogP contribution in [-0.4, -0.2) is 18.6 Å². The van der Waals surface area contributed by atoms with E-state index in [1.165, 1.54) is 0 Å². The Labute approximate surface area is 191 Å². The Bertz CT molecular complexity index is 1210. The predicted octanol–water partition coefficient (Wildman–Crippen LogP) is 4.59. The molecule has 0 atom stereocenters. The zero-order valence-corrected chi connectivity index (χ0v) is 18.6. The molecular formula is C26H27NO6. The van der Waals surface area contributed by atoms with Gasteiger partial charge >= 0.3 is 17.7 Å². The van der Waals surface area contributed by atoms with Gasteiger partial charge in [-0.1, -0.05) is 30.3 Å². The van der Waals surface area contributed by atoms with Gasteiger partial charge in [0.15, 0.2) is 0 Å². The van der Waals surface area contributed by atoms with E-state index in [2.05, 4.69) is 5.32 Å². The number of carbonyl (C=O) groups is 2. The summed E-state index contributed by atoms with van der Waals surface area (Å²) in [5, 5.41) is 3.54. The second-order valence-electron chi connectivity index (χ2n) is 8.19. The lowest BCUT2D eigenvalue weighted by molar-refractivity contribution is -0.134. The molecule has 33 heavy (non-hydrogen) atoms. The number of amides is 1. The number of hydrogen-bond acceptors (Lipinski definition) is 6. The number of fused-ring (bicyclic) bond motifs is 3. The van der Waals surface area contributed by atoms with Crippen LogP contribution in [0.25, 0.3) is 11.0 Å². The van der Waals surface area contributed by atoms with Crippen LogP contribution in [0.3, 0.4) is 0 Å². The molecule has 2 aromatic carbocycles.